The smallest absolute Gasteiger partial charge is 0.0471 e. The maximum absolute atomic E-state index is 5.64. The Labute approximate surface area is 107 Å². The second kappa shape index (κ2) is 7.05. The second-order valence-electron chi connectivity index (χ2n) is 4.24. The van der Waals surface area contributed by atoms with Crippen LogP contribution in [-0.4, -0.2) is 0 Å². The number of rotatable bonds is 6. The molecule has 1 rings (SSSR count). The molecule has 0 aliphatic heterocycles. The molecule has 0 heterocycles. The zero-order valence-electron chi connectivity index (χ0n) is 10.1. The first-order valence-electron chi connectivity index (χ1n) is 5.91. The lowest BCUT2D eigenvalue weighted by Gasteiger charge is -2.18. The Hall–Kier alpha value is -0.380. The standard InChI is InChI=1S/C13H21BrN2/c1-3-4-5-6-13(16-15)11-9-10(2)7-8-12(11)14/h7-9,13,16H,3-6,15H2,1-2H3. The summed E-state index contributed by atoms with van der Waals surface area (Å²) in [7, 11) is 0. The molecule has 0 aromatic heterocycles. The Morgan fingerprint density at radius 2 is 2.12 bits per heavy atom. The SMILES string of the molecule is CCCCCC(NN)c1cc(C)ccc1Br. The monoisotopic (exact) mass is 284 g/mol. The van der Waals surface area contributed by atoms with Crippen molar-refractivity contribution in [3.8, 4) is 0 Å². The van der Waals surface area contributed by atoms with Crippen LogP contribution >= 0.6 is 15.9 Å². The number of aryl methyl sites for hydroxylation is 1. The molecular weight excluding hydrogens is 264 g/mol. The third-order valence-electron chi connectivity index (χ3n) is 2.82. The first-order valence-corrected chi connectivity index (χ1v) is 6.70. The largest absolute Gasteiger partial charge is 0.271 e. The van der Waals surface area contributed by atoms with Crippen LogP contribution in [-0.2, 0) is 0 Å². The molecule has 2 nitrogen and oxygen atoms in total. The summed E-state index contributed by atoms with van der Waals surface area (Å²) in [6, 6.07) is 6.64. The zero-order valence-corrected chi connectivity index (χ0v) is 11.7. The maximum Gasteiger partial charge on any atom is 0.0471 e. The quantitative estimate of drug-likeness (QED) is 0.473. The molecule has 90 valence electrons. The second-order valence-corrected chi connectivity index (χ2v) is 5.09. The van der Waals surface area contributed by atoms with Gasteiger partial charge in [0, 0.05) is 10.5 Å². The summed E-state index contributed by atoms with van der Waals surface area (Å²) in [5.74, 6) is 5.64. The van der Waals surface area contributed by atoms with Crippen molar-refractivity contribution >= 4 is 15.9 Å². The van der Waals surface area contributed by atoms with Crippen LogP contribution in [0, 0.1) is 6.92 Å². The lowest BCUT2D eigenvalue weighted by Crippen LogP contribution is -2.28. The van der Waals surface area contributed by atoms with Crippen molar-refractivity contribution in [1.29, 1.82) is 0 Å². The minimum absolute atomic E-state index is 0.251. The van der Waals surface area contributed by atoms with Crippen molar-refractivity contribution in [3.63, 3.8) is 0 Å². The van der Waals surface area contributed by atoms with E-state index in [0.29, 0.717) is 0 Å². The zero-order chi connectivity index (χ0) is 12.0. The molecule has 0 radical (unpaired) electrons. The molecule has 0 spiro atoms. The van der Waals surface area contributed by atoms with Crippen LogP contribution in [0.25, 0.3) is 0 Å². The van der Waals surface area contributed by atoms with Crippen molar-refractivity contribution in [3.05, 3.63) is 33.8 Å². The number of nitrogens with one attached hydrogen (secondary N) is 1. The average molecular weight is 285 g/mol. The van der Waals surface area contributed by atoms with Crippen LogP contribution < -0.4 is 11.3 Å². The molecule has 0 aliphatic carbocycles. The fraction of sp³-hybridized carbons (Fsp3) is 0.538. The van der Waals surface area contributed by atoms with Crippen LogP contribution in [0.2, 0.25) is 0 Å². The fourth-order valence-corrected chi connectivity index (χ4v) is 2.38. The highest BCUT2D eigenvalue weighted by Gasteiger charge is 2.12. The first-order chi connectivity index (χ1) is 7.69. The normalized spacial score (nSPS) is 12.8. The third-order valence-corrected chi connectivity index (χ3v) is 3.55. The summed E-state index contributed by atoms with van der Waals surface area (Å²) in [4.78, 5) is 0. The van der Waals surface area contributed by atoms with Gasteiger partial charge in [-0.3, -0.25) is 11.3 Å². The van der Waals surface area contributed by atoms with E-state index in [1.165, 1.54) is 30.4 Å². The lowest BCUT2D eigenvalue weighted by atomic mass is 9.99. The molecule has 1 aromatic rings. The summed E-state index contributed by atoms with van der Waals surface area (Å²) in [5.41, 5.74) is 5.45. The molecule has 0 fully saturated rings. The van der Waals surface area contributed by atoms with E-state index in [9.17, 15) is 0 Å². The van der Waals surface area contributed by atoms with Gasteiger partial charge in [-0.05, 0) is 25.0 Å². The maximum atomic E-state index is 5.64. The molecule has 0 saturated heterocycles. The molecule has 0 amide bonds. The highest BCUT2D eigenvalue weighted by atomic mass is 79.9. The molecular formula is C13H21BrN2. The van der Waals surface area contributed by atoms with Gasteiger partial charge in [-0.1, -0.05) is 59.8 Å². The van der Waals surface area contributed by atoms with Crippen molar-refractivity contribution in [2.24, 2.45) is 5.84 Å². The molecule has 1 aromatic carbocycles. The van der Waals surface area contributed by atoms with Gasteiger partial charge < -0.3 is 0 Å². The highest BCUT2D eigenvalue weighted by Crippen LogP contribution is 2.27. The van der Waals surface area contributed by atoms with Gasteiger partial charge in [0.05, 0.1) is 0 Å². The number of hydrogen-bond donors (Lipinski definition) is 2. The number of benzene rings is 1. The topological polar surface area (TPSA) is 38.0 Å². The van der Waals surface area contributed by atoms with E-state index in [-0.39, 0.29) is 6.04 Å². The average Bonchev–Trinajstić information content (AvgIpc) is 2.28. The van der Waals surface area contributed by atoms with Crippen molar-refractivity contribution in [2.75, 3.05) is 0 Å². The fourth-order valence-electron chi connectivity index (χ4n) is 1.86. The van der Waals surface area contributed by atoms with Gasteiger partial charge in [0.2, 0.25) is 0 Å². The van der Waals surface area contributed by atoms with Crippen LogP contribution in [0.5, 0.6) is 0 Å². The van der Waals surface area contributed by atoms with Gasteiger partial charge in [0.1, 0.15) is 0 Å². The Balaban J connectivity index is 2.73. The van der Waals surface area contributed by atoms with Gasteiger partial charge in [-0.25, -0.2) is 0 Å². The lowest BCUT2D eigenvalue weighted by molar-refractivity contribution is 0.485. The molecule has 16 heavy (non-hydrogen) atoms. The van der Waals surface area contributed by atoms with Gasteiger partial charge in [-0.2, -0.15) is 0 Å². The van der Waals surface area contributed by atoms with E-state index in [1.807, 2.05) is 0 Å². The van der Waals surface area contributed by atoms with E-state index >= 15 is 0 Å². The molecule has 1 atom stereocenters. The summed E-state index contributed by atoms with van der Waals surface area (Å²) in [5, 5.41) is 0. The van der Waals surface area contributed by atoms with Crippen molar-refractivity contribution < 1.29 is 0 Å². The van der Waals surface area contributed by atoms with E-state index in [1.54, 1.807) is 0 Å². The van der Waals surface area contributed by atoms with Crippen LogP contribution in [0.1, 0.15) is 49.8 Å². The predicted octanol–water partition coefficient (Wildman–Crippen LogP) is 3.84. The van der Waals surface area contributed by atoms with E-state index < -0.39 is 0 Å². The summed E-state index contributed by atoms with van der Waals surface area (Å²) in [6.07, 6.45) is 4.81. The summed E-state index contributed by atoms with van der Waals surface area (Å²) in [6.45, 7) is 4.32. The highest BCUT2D eigenvalue weighted by molar-refractivity contribution is 9.10. The van der Waals surface area contributed by atoms with Gasteiger partial charge in [0.25, 0.3) is 0 Å². The molecule has 0 bridgehead atoms. The van der Waals surface area contributed by atoms with Crippen LogP contribution in [0.3, 0.4) is 0 Å². The molecule has 3 heteroatoms. The molecule has 0 aliphatic rings. The number of hydrazine groups is 1. The number of unbranched alkanes of at least 4 members (excludes halogenated alkanes) is 2. The first kappa shape index (κ1) is 13.7. The Morgan fingerprint density at radius 3 is 2.75 bits per heavy atom. The molecule has 1 unspecified atom stereocenters. The van der Waals surface area contributed by atoms with Crippen LogP contribution in [0.4, 0.5) is 0 Å². The minimum atomic E-state index is 0.251. The summed E-state index contributed by atoms with van der Waals surface area (Å²) < 4.78 is 1.14. The van der Waals surface area contributed by atoms with E-state index in [2.05, 4.69) is 53.4 Å². The minimum Gasteiger partial charge on any atom is -0.271 e. The third kappa shape index (κ3) is 3.89. The van der Waals surface area contributed by atoms with E-state index in [4.69, 9.17) is 5.84 Å². The Kier molecular flexibility index (Phi) is 6.03. The number of nitrogens with two attached hydrogens (primary N) is 1. The number of halogens is 1. The Morgan fingerprint density at radius 1 is 1.38 bits per heavy atom. The van der Waals surface area contributed by atoms with Gasteiger partial charge >= 0.3 is 0 Å². The molecule has 3 N–H and O–H groups in total. The molecule has 0 saturated carbocycles. The summed E-state index contributed by atoms with van der Waals surface area (Å²) >= 11 is 3.59. The van der Waals surface area contributed by atoms with Crippen molar-refractivity contribution in [2.45, 2.75) is 45.6 Å². The van der Waals surface area contributed by atoms with E-state index in [0.717, 1.165) is 10.9 Å². The predicted molar refractivity (Wildman–Crippen MR) is 73.1 cm³/mol. The Bertz CT molecular complexity index is 326. The number of hydrogen-bond acceptors (Lipinski definition) is 2. The van der Waals surface area contributed by atoms with Crippen LogP contribution in [0.15, 0.2) is 22.7 Å². The van der Waals surface area contributed by atoms with Crippen molar-refractivity contribution in [1.82, 2.24) is 5.43 Å². The van der Waals surface area contributed by atoms with Gasteiger partial charge in [0.15, 0.2) is 0 Å². The van der Waals surface area contributed by atoms with Gasteiger partial charge in [-0.15, -0.1) is 0 Å².